The average molecular weight is 270 g/mol. The van der Waals surface area contributed by atoms with Gasteiger partial charge in [0.15, 0.2) is 0 Å². The van der Waals surface area contributed by atoms with Crippen LogP contribution in [0.15, 0.2) is 29.2 Å². The highest BCUT2D eigenvalue weighted by Crippen LogP contribution is 2.21. The van der Waals surface area contributed by atoms with Gasteiger partial charge in [-0.05, 0) is 24.1 Å². The molecule has 1 atom stereocenters. The van der Waals surface area contributed by atoms with Crippen LogP contribution in [-0.4, -0.2) is 39.0 Å². The molecule has 1 aliphatic heterocycles. The van der Waals surface area contributed by atoms with Gasteiger partial charge in [-0.1, -0.05) is 12.1 Å². The van der Waals surface area contributed by atoms with Crippen molar-refractivity contribution in [3.8, 4) is 0 Å². The minimum Gasteiger partial charge on any atom is -0.380 e. The lowest BCUT2D eigenvalue weighted by molar-refractivity contribution is 0.181. The Bertz CT molecular complexity index is 510. The van der Waals surface area contributed by atoms with Crippen LogP contribution in [0.25, 0.3) is 0 Å². The summed E-state index contributed by atoms with van der Waals surface area (Å²) < 4.78 is 31.5. The van der Waals surface area contributed by atoms with Gasteiger partial charge in [0, 0.05) is 20.2 Å². The van der Waals surface area contributed by atoms with E-state index in [0.29, 0.717) is 24.7 Å². The maximum absolute atomic E-state index is 12.4. The van der Waals surface area contributed by atoms with E-state index in [-0.39, 0.29) is 6.04 Å². The fourth-order valence-corrected chi connectivity index (χ4v) is 3.45. The van der Waals surface area contributed by atoms with E-state index < -0.39 is 10.0 Å². The van der Waals surface area contributed by atoms with E-state index in [1.165, 1.54) is 4.31 Å². The predicted octanol–water partition coefficient (Wildman–Crippen LogP) is 0.555. The summed E-state index contributed by atoms with van der Waals surface area (Å²) in [5.74, 6) is 0. The molecule has 0 radical (unpaired) electrons. The monoisotopic (exact) mass is 270 g/mol. The number of likely N-dealkylation sites (N-methyl/N-ethyl adjacent to an activating group) is 1. The van der Waals surface area contributed by atoms with Gasteiger partial charge in [-0.15, -0.1) is 0 Å². The smallest absolute Gasteiger partial charge is 0.243 e. The number of nitrogens with zero attached hydrogens (tertiary/aromatic N) is 1. The molecule has 2 rings (SSSR count). The third-order valence-electron chi connectivity index (χ3n) is 3.23. The fourth-order valence-electron chi connectivity index (χ4n) is 2.00. The number of benzene rings is 1. The molecule has 1 aromatic rings. The van der Waals surface area contributed by atoms with Gasteiger partial charge in [0.1, 0.15) is 0 Å². The van der Waals surface area contributed by atoms with E-state index in [9.17, 15) is 8.42 Å². The molecule has 0 aromatic heterocycles. The van der Waals surface area contributed by atoms with E-state index >= 15 is 0 Å². The molecule has 1 aliphatic rings. The van der Waals surface area contributed by atoms with Crippen LogP contribution >= 0.6 is 0 Å². The second-order valence-electron chi connectivity index (χ2n) is 4.39. The molecule has 100 valence electrons. The number of rotatable bonds is 4. The Morgan fingerprint density at radius 3 is 2.89 bits per heavy atom. The van der Waals surface area contributed by atoms with Crippen LogP contribution in [0.1, 0.15) is 12.0 Å². The number of hydrogen-bond acceptors (Lipinski definition) is 4. The van der Waals surface area contributed by atoms with Crippen LogP contribution in [0.5, 0.6) is 0 Å². The van der Waals surface area contributed by atoms with Gasteiger partial charge in [-0.25, -0.2) is 8.42 Å². The first-order valence-electron chi connectivity index (χ1n) is 5.90. The van der Waals surface area contributed by atoms with E-state index in [2.05, 4.69) is 0 Å². The minimum absolute atomic E-state index is 0.0727. The standard InChI is InChI=1S/C12H18N2O3S/c1-14(11-5-6-17-9-11)18(15,16)12-4-2-3-10(7-12)8-13/h2-4,7,11H,5-6,8-9,13H2,1H3. The van der Waals surface area contributed by atoms with Crippen molar-refractivity contribution in [1.29, 1.82) is 0 Å². The lowest BCUT2D eigenvalue weighted by Gasteiger charge is -2.22. The third-order valence-corrected chi connectivity index (χ3v) is 5.14. The quantitative estimate of drug-likeness (QED) is 0.867. The lowest BCUT2D eigenvalue weighted by atomic mass is 10.2. The molecule has 0 amide bonds. The zero-order valence-corrected chi connectivity index (χ0v) is 11.2. The van der Waals surface area contributed by atoms with E-state index in [0.717, 1.165) is 12.0 Å². The predicted molar refractivity (Wildman–Crippen MR) is 68.5 cm³/mol. The summed E-state index contributed by atoms with van der Waals surface area (Å²) in [6.45, 7) is 1.42. The highest BCUT2D eigenvalue weighted by atomic mass is 32.2. The van der Waals surface area contributed by atoms with Gasteiger partial charge in [-0.2, -0.15) is 4.31 Å². The van der Waals surface area contributed by atoms with Crippen molar-refractivity contribution in [3.05, 3.63) is 29.8 Å². The number of ether oxygens (including phenoxy) is 1. The summed E-state index contributed by atoms with van der Waals surface area (Å²) in [5.41, 5.74) is 6.34. The van der Waals surface area contributed by atoms with Crippen molar-refractivity contribution in [2.45, 2.75) is 23.9 Å². The number of sulfonamides is 1. The SMILES string of the molecule is CN(C1CCOC1)S(=O)(=O)c1cccc(CN)c1. The second kappa shape index (κ2) is 5.36. The van der Waals surface area contributed by atoms with Crippen molar-refractivity contribution in [2.75, 3.05) is 20.3 Å². The topological polar surface area (TPSA) is 72.6 Å². The molecule has 0 spiro atoms. The van der Waals surface area contributed by atoms with Crippen LogP contribution in [-0.2, 0) is 21.3 Å². The van der Waals surface area contributed by atoms with Gasteiger partial charge in [0.05, 0.1) is 17.5 Å². The van der Waals surface area contributed by atoms with E-state index in [1.807, 2.05) is 6.07 Å². The second-order valence-corrected chi connectivity index (χ2v) is 6.39. The van der Waals surface area contributed by atoms with Gasteiger partial charge < -0.3 is 10.5 Å². The molecule has 1 heterocycles. The normalized spacial score (nSPS) is 20.5. The molecule has 0 aliphatic carbocycles. The van der Waals surface area contributed by atoms with Crippen molar-refractivity contribution < 1.29 is 13.2 Å². The molecule has 18 heavy (non-hydrogen) atoms. The highest BCUT2D eigenvalue weighted by Gasteiger charge is 2.30. The average Bonchev–Trinajstić information content (AvgIpc) is 2.91. The summed E-state index contributed by atoms with van der Waals surface area (Å²) >= 11 is 0. The van der Waals surface area contributed by atoms with Gasteiger partial charge in [-0.3, -0.25) is 0 Å². The molecule has 0 saturated carbocycles. The first-order valence-corrected chi connectivity index (χ1v) is 7.34. The Hall–Kier alpha value is -0.950. The zero-order chi connectivity index (χ0) is 13.2. The molecule has 5 nitrogen and oxygen atoms in total. The van der Waals surface area contributed by atoms with Crippen LogP contribution in [0.2, 0.25) is 0 Å². The van der Waals surface area contributed by atoms with E-state index in [4.69, 9.17) is 10.5 Å². The molecule has 1 aromatic carbocycles. The lowest BCUT2D eigenvalue weighted by Crippen LogP contribution is -2.37. The molecule has 0 bridgehead atoms. The van der Waals surface area contributed by atoms with Crippen LogP contribution in [0.3, 0.4) is 0 Å². The Labute approximate surface area is 108 Å². The Morgan fingerprint density at radius 1 is 1.50 bits per heavy atom. The highest BCUT2D eigenvalue weighted by molar-refractivity contribution is 7.89. The third kappa shape index (κ3) is 2.56. The molecule has 1 fully saturated rings. The van der Waals surface area contributed by atoms with Crippen LogP contribution < -0.4 is 5.73 Å². The fraction of sp³-hybridized carbons (Fsp3) is 0.500. The first-order chi connectivity index (χ1) is 8.55. The molecule has 2 N–H and O–H groups in total. The summed E-state index contributed by atoms with van der Waals surface area (Å²) in [4.78, 5) is 0.292. The van der Waals surface area contributed by atoms with Crippen molar-refractivity contribution >= 4 is 10.0 Å². The minimum atomic E-state index is -3.46. The van der Waals surface area contributed by atoms with Crippen molar-refractivity contribution in [1.82, 2.24) is 4.31 Å². The molecule has 1 unspecified atom stereocenters. The molecular formula is C12H18N2O3S. The number of hydrogen-bond donors (Lipinski definition) is 1. The maximum atomic E-state index is 12.4. The van der Waals surface area contributed by atoms with E-state index in [1.54, 1.807) is 25.2 Å². The summed E-state index contributed by atoms with van der Waals surface area (Å²) in [7, 11) is -1.86. The Balaban J connectivity index is 2.28. The Kier molecular flexibility index (Phi) is 4.01. The molecule has 6 heteroatoms. The summed E-state index contributed by atoms with van der Waals surface area (Å²) in [5, 5.41) is 0. The van der Waals surface area contributed by atoms with Gasteiger partial charge >= 0.3 is 0 Å². The summed E-state index contributed by atoms with van der Waals surface area (Å²) in [6, 6.07) is 6.69. The van der Waals surface area contributed by atoms with Crippen molar-refractivity contribution in [3.63, 3.8) is 0 Å². The van der Waals surface area contributed by atoms with Crippen LogP contribution in [0, 0.1) is 0 Å². The van der Waals surface area contributed by atoms with Crippen LogP contribution in [0.4, 0.5) is 0 Å². The van der Waals surface area contributed by atoms with Gasteiger partial charge in [0.25, 0.3) is 0 Å². The molecule has 1 saturated heterocycles. The molecular weight excluding hydrogens is 252 g/mol. The Morgan fingerprint density at radius 2 is 2.28 bits per heavy atom. The first kappa shape index (κ1) is 13.5. The summed E-state index contributed by atoms with van der Waals surface area (Å²) in [6.07, 6.45) is 0.742. The zero-order valence-electron chi connectivity index (χ0n) is 10.4. The van der Waals surface area contributed by atoms with Gasteiger partial charge in [0.2, 0.25) is 10.0 Å². The maximum Gasteiger partial charge on any atom is 0.243 e. The number of nitrogens with two attached hydrogens (primary N) is 1. The van der Waals surface area contributed by atoms with Crippen molar-refractivity contribution in [2.24, 2.45) is 5.73 Å². The largest absolute Gasteiger partial charge is 0.380 e.